The fourth-order valence-corrected chi connectivity index (χ4v) is 2.13. The van der Waals surface area contributed by atoms with Gasteiger partial charge in [0.2, 0.25) is 11.7 Å². The summed E-state index contributed by atoms with van der Waals surface area (Å²) < 4.78 is 5.26. The van der Waals surface area contributed by atoms with Gasteiger partial charge in [0, 0.05) is 45.2 Å². The Morgan fingerprint density at radius 3 is 2.30 bits per heavy atom. The lowest BCUT2D eigenvalue weighted by atomic mass is 10.2. The molecule has 0 atom stereocenters. The van der Waals surface area contributed by atoms with E-state index in [-0.39, 0.29) is 24.0 Å². The predicted molar refractivity (Wildman–Crippen MR) is 104 cm³/mol. The Hall–Kier alpha value is -1.35. The van der Waals surface area contributed by atoms with Crippen LogP contribution >= 0.6 is 35.6 Å². The zero-order chi connectivity index (χ0) is 16.1. The molecule has 0 N–H and O–H groups in total. The van der Waals surface area contributed by atoms with Crippen LogP contribution < -0.4 is 0 Å². The highest BCUT2D eigenvalue weighted by Crippen LogP contribution is 2.18. The van der Waals surface area contributed by atoms with Crippen LogP contribution in [0.2, 0.25) is 5.02 Å². The normalized spacial score (nSPS) is 9.96. The van der Waals surface area contributed by atoms with Gasteiger partial charge in [-0.05, 0) is 24.3 Å². The molecule has 1 aromatic carbocycles. The fraction of sp³-hybridized carbons (Fsp3) is 0.400. The third kappa shape index (κ3) is 5.65. The molecule has 126 valence electrons. The van der Waals surface area contributed by atoms with Crippen LogP contribution in [-0.4, -0.2) is 60.6 Å². The summed E-state index contributed by atoms with van der Waals surface area (Å²) in [6, 6.07) is 7.34. The molecule has 6 nitrogen and oxygen atoms in total. The highest BCUT2D eigenvalue weighted by atomic mass is 127. The summed E-state index contributed by atoms with van der Waals surface area (Å²) in [6.45, 7) is 0.591. The molecule has 0 unspecified atom stereocenters. The third-order valence-electron chi connectivity index (χ3n) is 2.95. The monoisotopic (exact) mass is 449 g/mol. The maximum absolute atomic E-state index is 5.87. The van der Waals surface area contributed by atoms with Crippen molar-refractivity contribution >= 4 is 41.5 Å². The number of hydrogen-bond acceptors (Lipinski definition) is 4. The lowest BCUT2D eigenvalue weighted by Crippen LogP contribution is -2.35. The largest absolute Gasteiger partial charge is 0.349 e. The average Bonchev–Trinajstić information content (AvgIpc) is 2.92. The maximum atomic E-state index is 5.87. The van der Waals surface area contributed by atoms with Gasteiger partial charge in [-0.15, -0.1) is 24.0 Å². The van der Waals surface area contributed by atoms with Crippen LogP contribution in [0.3, 0.4) is 0 Å². The molecule has 0 saturated heterocycles. The van der Waals surface area contributed by atoms with E-state index in [4.69, 9.17) is 16.1 Å². The van der Waals surface area contributed by atoms with Crippen LogP contribution in [-0.2, 0) is 6.42 Å². The number of aliphatic imine (C=N–C) groups is 1. The van der Waals surface area contributed by atoms with Gasteiger partial charge in [-0.3, -0.25) is 4.99 Å². The second-order valence-corrected chi connectivity index (χ2v) is 5.68. The number of benzene rings is 1. The first-order valence-corrected chi connectivity index (χ1v) is 7.33. The smallest absolute Gasteiger partial charge is 0.228 e. The fourth-order valence-electron chi connectivity index (χ4n) is 2.01. The van der Waals surface area contributed by atoms with Gasteiger partial charge in [-0.25, -0.2) is 0 Å². The Morgan fingerprint density at radius 1 is 1.13 bits per heavy atom. The Bertz CT molecular complexity index is 630. The zero-order valence-corrected chi connectivity index (χ0v) is 16.7. The van der Waals surface area contributed by atoms with Crippen LogP contribution in [0.5, 0.6) is 0 Å². The molecule has 1 aromatic heterocycles. The molecule has 0 aliphatic carbocycles. The van der Waals surface area contributed by atoms with E-state index >= 15 is 0 Å². The molecule has 2 aromatic rings. The molecule has 23 heavy (non-hydrogen) atoms. The van der Waals surface area contributed by atoms with Gasteiger partial charge < -0.3 is 14.3 Å². The second-order valence-electron chi connectivity index (χ2n) is 5.24. The quantitative estimate of drug-likeness (QED) is 0.408. The number of hydrogen-bond donors (Lipinski definition) is 0. The van der Waals surface area contributed by atoms with Gasteiger partial charge >= 0.3 is 0 Å². The summed E-state index contributed by atoms with van der Waals surface area (Å²) in [5.74, 6) is 2.04. The first kappa shape index (κ1) is 19.7. The van der Waals surface area contributed by atoms with Crippen molar-refractivity contribution in [3.63, 3.8) is 0 Å². The van der Waals surface area contributed by atoms with Crippen LogP contribution in [0.4, 0.5) is 0 Å². The maximum Gasteiger partial charge on any atom is 0.228 e. The Morgan fingerprint density at radius 2 is 1.74 bits per heavy atom. The summed E-state index contributed by atoms with van der Waals surface area (Å²) in [5.41, 5.74) is 0.880. The minimum Gasteiger partial charge on any atom is -0.349 e. The van der Waals surface area contributed by atoms with Crippen LogP contribution in [0, 0.1) is 0 Å². The topological polar surface area (TPSA) is 57.8 Å². The zero-order valence-electron chi connectivity index (χ0n) is 13.7. The van der Waals surface area contributed by atoms with Gasteiger partial charge in [-0.2, -0.15) is 4.98 Å². The van der Waals surface area contributed by atoms with Crippen molar-refractivity contribution in [2.24, 2.45) is 4.99 Å². The van der Waals surface area contributed by atoms with Gasteiger partial charge in [-0.1, -0.05) is 16.8 Å². The van der Waals surface area contributed by atoms with Gasteiger partial charge in [0.25, 0.3) is 0 Å². The number of halogens is 2. The molecule has 8 heteroatoms. The summed E-state index contributed by atoms with van der Waals surface area (Å²) >= 11 is 5.87. The van der Waals surface area contributed by atoms with Crippen molar-refractivity contribution in [2.45, 2.75) is 6.42 Å². The predicted octanol–water partition coefficient (Wildman–Crippen LogP) is 3.03. The van der Waals surface area contributed by atoms with E-state index in [1.54, 1.807) is 12.1 Å². The highest BCUT2D eigenvalue weighted by molar-refractivity contribution is 14.0. The molecular formula is C15H21ClIN5O. The van der Waals surface area contributed by atoms with E-state index < -0.39 is 0 Å². The van der Waals surface area contributed by atoms with E-state index in [1.165, 1.54) is 0 Å². The number of nitrogens with zero attached hydrogens (tertiary/aromatic N) is 5. The van der Waals surface area contributed by atoms with E-state index in [1.807, 2.05) is 50.1 Å². The average molecular weight is 450 g/mol. The van der Waals surface area contributed by atoms with Crippen molar-refractivity contribution in [3.05, 3.63) is 35.2 Å². The molecule has 0 aliphatic heterocycles. The number of guanidine groups is 1. The molecule has 0 saturated carbocycles. The molecule has 0 spiro atoms. The van der Waals surface area contributed by atoms with Crippen molar-refractivity contribution in [2.75, 3.05) is 34.7 Å². The van der Waals surface area contributed by atoms with Crippen molar-refractivity contribution in [1.29, 1.82) is 0 Å². The SMILES string of the molecule is CN(C)C(=NCCc1nc(-c2ccc(Cl)cc2)no1)N(C)C.I. The molecule has 0 amide bonds. The third-order valence-corrected chi connectivity index (χ3v) is 3.20. The summed E-state index contributed by atoms with van der Waals surface area (Å²) in [4.78, 5) is 12.8. The molecule has 0 aliphatic rings. The lowest BCUT2D eigenvalue weighted by molar-refractivity contribution is 0.379. The van der Waals surface area contributed by atoms with E-state index in [9.17, 15) is 0 Å². The van der Waals surface area contributed by atoms with Gasteiger partial charge in [0.15, 0.2) is 5.96 Å². The Labute approximate surface area is 158 Å². The summed E-state index contributed by atoms with van der Waals surface area (Å²) in [5, 5.41) is 4.67. The first-order chi connectivity index (χ1) is 10.5. The van der Waals surface area contributed by atoms with E-state index in [0.717, 1.165) is 11.5 Å². The second kappa shape index (κ2) is 9.07. The van der Waals surface area contributed by atoms with E-state index in [0.29, 0.717) is 29.7 Å². The molecule has 1 heterocycles. The highest BCUT2D eigenvalue weighted by Gasteiger charge is 2.09. The summed E-state index contributed by atoms with van der Waals surface area (Å²) in [7, 11) is 7.85. The Kier molecular flexibility index (Phi) is 7.77. The van der Waals surface area contributed by atoms with Crippen molar-refractivity contribution in [3.8, 4) is 11.4 Å². The van der Waals surface area contributed by atoms with Crippen LogP contribution in [0.1, 0.15) is 5.89 Å². The standard InChI is InChI=1S/C15H20ClN5O.HI/c1-20(2)15(21(3)4)17-10-9-13-18-14(19-22-13)11-5-7-12(16)8-6-11;/h5-8H,9-10H2,1-4H3;1H. The lowest BCUT2D eigenvalue weighted by Gasteiger charge is -2.22. The Balaban J connectivity index is 0.00000264. The first-order valence-electron chi connectivity index (χ1n) is 6.95. The van der Waals surface area contributed by atoms with Crippen molar-refractivity contribution in [1.82, 2.24) is 19.9 Å². The molecule has 0 radical (unpaired) electrons. The van der Waals surface area contributed by atoms with Crippen LogP contribution in [0.25, 0.3) is 11.4 Å². The summed E-state index contributed by atoms with van der Waals surface area (Å²) in [6.07, 6.45) is 0.603. The minimum atomic E-state index is 0. The number of rotatable bonds is 4. The molecular weight excluding hydrogens is 429 g/mol. The van der Waals surface area contributed by atoms with Crippen molar-refractivity contribution < 1.29 is 4.52 Å². The van der Waals surface area contributed by atoms with E-state index in [2.05, 4.69) is 15.1 Å². The molecule has 0 fully saturated rings. The number of aromatic nitrogens is 2. The van der Waals surface area contributed by atoms with Crippen LogP contribution in [0.15, 0.2) is 33.8 Å². The van der Waals surface area contributed by atoms with Gasteiger partial charge in [0.1, 0.15) is 0 Å². The van der Waals surface area contributed by atoms with Gasteiger partial charge in [0.05, 0.1) is 6.54 Å². The molecule has 0 bridgehead atoms. The minimum absolute atomic E-state index is 0. The molecule has 2 rings (SSSR count).